The third-order valence-corrected chi connectivity index (χ3v) is 4.98. The number of imidazole rings is 1. The normalized spacial score (nSPS) is 20.6. The Bertz CT molecular complexity index is 852. The Morgan fingerprint density at radius 1 is 1.36 bits per heavy atom. The van der Waals surface area contributed by atoms with Gasteiger partial charge in [0.2, 0.25) is 0 Å². The molecule has 1 aliphatic heterocycles. The Morgan fingerprint density at radius 2 is 2.28 bits per heavy atom. The minimum absolute atomic E-state index is 0.151. The van der Waals surface area contributed by atoms with Crippen molar-refractivity contribution in [3.8, 4) is 0 Å². The number of ether oxygens (including phenoxy) is 1. The molecule has 132 valence electrons. The maximum atomic E-state index is 5.97. The fraction of sp³-hybridized carbons (Fsp3) is 0.474. The Morgan fingerprint density at radius 3 is 3.12 bits per heavy atom. The van der Waals surface area contributed by atoms with Crippen molar-refractivity contribution >= 4 is 5.65 Å². The average molecular weight is 339 g/mol. The van der Waals surface area contributed by atoms with Gasteiger partial charge in [0.25, 0.3) is 0 Å². The molecule has 0 aliphatic carbocycles. The van der Waals surface area contributed by atoms with E-state index in [9.17, 15) is 0 Å². The minimum atomic E-state index is 0.151. The summed E-state index contributed by atoms with van der Waals surface area (Å²) in [6.45, 7) is 7.64. The monoisotopic (exact) mass is 339 g/mol. The molecule has 3 aromatic rings. The van der Waals surface area contributed by atoms with E-state index in [2.05, 4.69) is 58.2 Å². The van der Waals surface area contributed by atoms with Crippen molar-refractivity contribution in [3.05, 3.63) is 53.7 Å². The quantitative estimate of drug-likeness (QED) is 0.750. The van der Waals surface area contributed by atoms with Crippen molar-refractivity contribution in [2.24, 2.45) is 5.92 Å². The summed E-state index contributed by atoms with van der Waals surface area (Å²) in [4.78, 5) is 4.49. The fourth-order valence-electron chi connectivity index (χ4n) is 3.56. The lowest BCUT2D eigenvalue weighted by Crippen LogP contribution is -2.25. The molecule has 1 fully saturated rings. The largest absolute Gasteiger partial charge is 0.373 e. The summed E-state index contributed by atoms with van der Waals surface area (Å²) in [7, 11) is 0. The van der Waals surface area contributed by atoms with Gasteiger partial charge in [0, 0.05) is 50.1 Å². The number of pyridine rings is 1. The van der Waals surface area contributed by atoms with Gasteiger partial charge < -0.3 is 14.5 Å². The second kappa shape index (κ2) is 6.98. The lowest BCUT2D eigenvalue weighted by molar-refractivity contribution is 0.0903. The first-order chi connectivity index (χ1) is 12.2. The van der Waals surface area contributed by atoms with Crippen LogP contribution in [0, 0.1) is 12.8 Å². The first-order valence-electron chi connectivity index (χ1n) is 9.02. The molecule has 0 spiro atoms. The summed E-state index contributed by atoms with van der Waals surface area (Å²) in [5, 5.41) is 7.97. The third-order valence-electron chi connectivity index (χ3n) is 4.98. The van der Waals surface area contributed by atoms with Crippen LogP contribution in [-0.2, 0) is 17.8 Å². The molecular formula is C19H25N5O. The van der Waals surface area contributed by atoms with Gasteiger partial charge >= 0.3 is 0 Å². The molecule has 2 atom stereocenters. The molecule has 0 radical (unpaired) electrons. The molecule has 1 aliphatic rings. The highest BCUT2D eigenvalue weighted by Gasteiger charge is 2.30. The molecule has 3 aromatic heterocycles. The van der Waals surface area contributed by atoms with Gasteiger partial charge in [-0.1, -0.05) is 0 Å². The third kappa shape index (κ3) is 3.32. The molecule has 4 rings (SSSR count). The van der Waals surface area contributed by atoms with E-state index < -0.39 is 0 Å². The number of nitrogens with zero attached hydrogens (tertiary/aromatic N) is 4. The summed E-state index contributed by atoms with van der Waals surface area (Å²) in [6.07, 6.45) is 9.33. The first kappa shape index (κ1) is 16.3. The highest BCUT2D eigenvalue weighted by atomic mass is 16.5. The first-order valence-corrected chi connectivity index (χ1v) is 9.02. The zero-order chi connectivity index (χ0) is 17.2. The molecule has 4 heterocycles. The summed E-state index contributed by atoms with van der Waals surface area (Å²) >= 11 is 0. The molecular weight excluding hydrogens is 314 g/mol. The number of aryl methyl sites for hydroxylation is 2. The summed E-state index contributed by atoms with van der Waals surface area (Å²) in [6, 6.07) is 4.22. The predicted molar refractivity (Wildman–Crippen MR) is 96.3 cm³/mol. The maximum absolute atomic E-state index is 5.97. The topological polar surface area (TPSA) is 56.4 Å². The van der Waals surface area contributed by atoms with E-state index in [0.29, 0.717) is 5.92 Å². The molecule has 6 heteroatoms. The number of aromatic nitrogens is 4. The summed E-state index contributed by atoms with van der Waals surface area (Å²) in [5.41, 5.74) is 4.61. The van der Waals surface area contributed by atoms with Crippen LogP contribution in [0.15, 0.2) is 36.9 Å². The zero-order valence-electron chi connectivity index (χ0n) is 14.9. The molecule has 25 heavy (non-hydrogen) atoms. The molecule has 1 saturated heterocycles. The van der Waals surface area contributed by atoms with Gasteiger partial charge in [0.1, 0.15) is 5.65 Å². The second-order valence-corrected chi connectivity index (χ2v) is 6.78. The maximum Gasteiger partial charge on any atom is 0.137 e. The summed E-state index contributed by atoms with van der Waals surface area (Å²) in [5.74, 6) is 0.482. The molecule has 0 amide bonds. The van der Waals surface area contributed by atoms with E-state index >= 15 is 0 Å². The van der Waals surface area contributed by atoms with Crippen molar-refractivity contribution in [1.29, 1.82) is 0 Å². The second-order valence-electron chi connectivity index (χ2n) is 6.78. The number of nitrogens with one attached hydrogen (secondary N) is 1. The fourth-order valence-corrected chi connectivity index (χ4v) is 3.56. The van der Waals surface area contributed by atoms with Crippen LogP contribution < -0.4 is 5.32 Å². The highest BCUT2D eigenvalue weighted by molar-refractivity contribution is 5.42. The molecule has 0 unspecified atom stereocenters. The average Bonchev–Trinajstić information content (AvgIpc) is 3.33. The van der Waals surface area contributed by atoms with Crippen molar-refractivity contribution in [3.63, 3.8) is 0 Å². The lowest BCUT2D eigenvalue weighted by Gasteiger charge is -2.17. The molecule has 1 N–H and O–H groups in total. The van der Waals surface area contributed by atoms with Gasteiger partial charge in [-0.25, -0.2) is 4.98 Å². The molecule has 6 nitrogen and oxygen atoms in total. The number of hydrogen-bond acceptors (Lipinski definition) is 4. The standard InChI is InChI=1S/C19H25N5O/c1-3-23-13-16(10-22-23)19-15(5-7-25-19)9-20-11-17-12-21-18-8-14(2)4-6-24(17)18/h4,6,8,10,12-13,15,19-20H,3,5,7,9,11H2,1-2H3/t15-,19+/m0/s1. The van der Waals surface area contributed by atoms with Crippen molar-refractivity contribution in [1.82, 2.24) is 24.5 Å². The summed E-state index contributed by atoms with van der Waals surface area (Å²) < 4.78 is 10.1. The van der Waals surface area contributed by atoms with Gasteiger partial charge in [-0.15, -0.1) is 0 Å². The van der Waals surface area contributed by atoms with Crippen LogP contribution in [0.2, 0.25) is 0 Å². The van der Waals surface area contributed by atoms with Gasteiger partial charge in [-0.05, 0) is 38.0 Å². The minimum Gasteiger partial charge on any atom is -0.373 e. The van der Waals surface area contributed by atoms with E-state index in [4.69, 9.17) is 4.74 Å². The van der Waals surface area contributed by atoms with Gasteiger partial charge in [0.05, 0.1) is 24.2 Å². The molecule has 0 bridgehead atoms. The van der Waals surface area contributed by atoms with Gasteiger partial charge in [-0.3, -0.25) is 4.68 Å². The van der Waals surface area contributed by atoms with E-state index in [1.54, 1.807) is 0 Å². The van der Waals surface area contributed by atoms with Crippen LogP contribution in [0.5, 0.6) is 0 Å². The van der Waals surface area contributed by atoms with Crippen molar-refractivity contribution in [2.45, 2.75) is 39.5 Å². The van der Waals surface area contributed by atoms with Crippen LogP contribution in [0.3, 0.4) is 0 Å². The Balaban J connectivity index is 1.38. The van der Waals surface area contributed by atoms with Crippen molar-refractivity contribution in [2.75, 3.05) is 13.2 Å². The number of fused-ring (bicyclic) bond motifs is 1. The van der Waals surface area contributed by atoms with Crippen LogP contribution in [0.1, 0.15) is 36.3 Å². The van der Waals surface area contributed by atoms with Crippen LogP contribution >= 0.6 is 0 Å². The van der Waals surface area contributed by atoms with Crippen LogP contribution in [0.25, 0.3) is 5.65 Å². The number of rotatable bonds is 6. The predicted octanol–water partition coefficient (Wildman–Crippen LogP) is 2.73. The van der Waals surface area contributed by atoms with Crippen LogP contribution in [0.4, 0.5) is 0 Å². The van der Waals surface area contributed by atoms with E-state index in [1.807, 2.05) is 17.1 Å². The highest BCUT2D eigenvalue weighted by Crippen LogP contribution is 2.33. The zero-order valence-corrected chi connectivity index (χ0v) is 14.9. The smallest absolute Gasteiger partial charge is 0.137 e. The molecule has 0 saturated carbocycles. The van der Waals surface area contributed by atoms with E-state index in [0.717, 1.165) is 38.3 Å². The Hall–Kier alpha value is -2.18. The van der Waals surface area contributed by atoms with Crippen LogP contribution in [-0.4, -0.2) is 32.3 Å². The van der Waals surface area contributed by atoms with Crippen molar-refractivity contribution < 1.29 is 4.74 Å². The Labute approximate surface area is 147 Å². The number of hydrogen-bond donors (Lipinski definition) is 1. The van der Waals surface area contributed by atoms with E-state index in [1.165, 1.54) is 16.8 Å². The SMILES string of the molecule is CCn1cc([C@@H]2OCC[C@H]2CNCc2cnc3cc(C)ccn23)cn1. The van der Waals surface area contributed by atoms with Gasteiger partial charge in [0.15, 0.2) is 0 Å². The van der Waals surface area contributed by atoms with Gasteiger partial charge in [-0.2, -0.15) is 5.10 Å². The lowest BCUT2D eigenvalue weighted by atomic mass is 9.97. The van der Waals surface area contributed by atoms with E-state index in [-0.39, 0.29) is 6.10 Å². The Kier molecular flexibility index (Phi) is 4.55. The molecule has 0 aromatic carbocycles.